The third-order valence-electron chi connectivity index (χ3n) is 3.28. The standard InChI is InChI=1S/C14H21N3O/c1-11(12-6-3-2-4-7-12)16-14(18)17-13-8-5-9-15-10-13/h2-4,6-7,11,13,15H,5,8-10H2,1H3,(H2,16,17,18). The predicted octanol–water partition coefficient (Wildman–Crippen LogP) is 1.80. The molecule has 4 heteroatoms. The van der Waals surface area contributed by atoms with Gasteiger partial charge < -0.3 is 16.0 Å². The van der Waals surface area contributed by atoms with E-state index in [1.54, 1.807) is 0 Å². The summed E-state index contributed by atoms with van der Waals surface area (Å²) in [5.41, 5.74) is 1.12. The average Bonchev–Trinajstić information content (AvgIpc) is 2.40. The molecule has 2 unspecified atom stereocenters. The van der Waals surface area contributed by atoms with E-state index in [0.717, 1.165) is 31.5 Å². The Balaban J connectivity index is 1.80. The highest BCUT2D eigenvalue weighted by Crippen LogP contribution is 2.10. The molecule has 1 heterocycles. The molecule has 0 saturated carbocycles. The van der Waals surface area contributed by atoms with Crippen LogP contribution in [0.15, 0.2) is 30.3 Å². The van der Waals surface area contributed by atoms with Crippen molar-refractivity contribution in [2.75, 3.05) is 13.1 Å². The van der Waals surface area contributed by atoms with Crippen LogP contribution in [0.5, 0.6) is 0 Å². The van der Waals surface area contributed by atoms with Crippen molar-refractivity contribution < 1.29 is 4.79 Å². The summed E-state index contributed by atoms with van der Waals surface area (Å²) in [6, 6.07) is 10.2. The first-order valence-electron chi connectivity index (χ1n) is 6.58. The molecule has 0 spiro atoms. The van der Waals surface area contributed by atoms with E-state index in [1.807, 2.05) is 37.3 Å². The maximum Gasteiger partial charge on any atom is 0.315 e. The zero-order valence-electron chi connectivity index (χ0n) is 10.8. The molecule has 1 aliphatic rings. The van der Waals surface area contributed by atoms with Gasteiger partial charge in [0.1, 0.15) is 0 Å². The maximum absolute atomic E-state index is 11.8. The van der Waals surface area contributed by atoms with Crippen LogP contribution in [-0.2, 0) is 0 Å². The van der Waals surface area contributed by atoms with Crippen LogP contribution >= 0.6 is 0 Å². The molecule has 1 fully saturated rings. The van der Waals surface area contributed by atoms with Crippen LogP contribution in [0, 0.1) is 0 Å². The summed E-state index contributed by atoms with van der Waals surface area (Å²) in [5, 5.41) is 9.26. The van der Waals surface area contributed by atoms with Crippen LogP contribution in [-0.4, -0.2) is 25.2 Å². The highest BCUT2D eigenvalue weighted by Gasteiger charge is 2.16. The number of hydrogen-bond acceptors (Lipinski definition) is 2. The monoisotopic (exact) mass is 247 g/mol. The number of carbonyl (C=O) groups excluding carboxylic acids is 1. The fraction of sp³-hybridized carbons (Fsp3) is 0.500. The second kappa shape index (κ2) is 6.40. The van der Waals surface area contributed by atoms with Gasteiger partial charge in [0, 0.05) is 12.6 Å². The predicted molar refractivity (Wildman–Crippen MR) is 72.4 cm³/mol. The number of urea groups is 1. The van der Waals surface area contributed by atoms with Gasteiger partial charge in [0.2, 0.25) is 0 Å². The molecule has 18 heavy (non-hydrogen) atoms. The largest absolute Gasteiger partial charge is 0.334 e. The van der Waals surface area contributed by atoms with Crippen molar-refractivity contribution in [3.05, 3.63) is 35.9 Å². The van der Waals surface area contributed by atoms with Gasteiger partial charge in [-0.3, -0.25) is 0 Å². The van der Waals surface area contributed by atoms with Crippen LogP contribution in [0.1, 0.15) is 31.4 Å². The number of amides is 2. The van der Waals surface area contributed by atoms with Gasteiger partial charge in [-0.2, -0.15) is 0 Å². The normalized spacial score (nSPS) is 21.1. The van der Waals surface area contributed by atoms with E-state index < -0.39 is 0 Å². The van der Waals surface area contributed by atoms with Crippen molar-refractivity contribution in [3.8, 4) is 0 Å². The van der Waals surface area contributed by atoms with Crippen molar-refractivity contribution in [1.82, 2.24) is 16.0 Å². The highest BCUT2D eigenvalue weighted by molar-refractivity contribution is 5.74. The Labute approximate surface area is 108 Å². The number of rotatable bonds is 3. The lowest BCUT2D eigenvalue weighted by atomic mass is 10.1. The summed E-state index contributed by atoms with van der Waals surface area (Å²) in [7, 11) is 0. The van der Waals surface area contributed by atoms with E-state index >= 15 is 0 Å². The second-order valence-electron chi connectivity index (χ2n) is 4.79. The van der Waals surface area contributed by atoms with Crippen LogP contribution in [0.4, 0.5) is 4.79 Å². The Bertz CT molecular complexity index is 374. The third kappa shape index (κ3) is 3.74. The lowest BCUT2D eigenvalue weighted by Gasteiger charge is -2.25. The topological polar surface area (TPSA) is 53.2 Å². The molecule has 0 aliphatic carbocycles. The van der Waals surface area contributed by atoms with Crippen LogP contribution < -0.4 is 16.0 Å². The summed E-state index contributed by atoms with van der Waals surface area (Å²) in [5.74, 6) is 0. The van der Waals surface area contributed by atoms with Gasteiger partial charge in [0.05, 0.1) is 6.04 Å². The minimum Gasteiger partial charge on any atom is -0.334 e. The van der Waals surface area contributed by atoms with E-state index in [-0.39, 0.29) is 18.1 Å². The molecule has 2 amide bonds. The molecule has 2 rings (SSSR count). The van der Waals surface area contributed by atoms with E-state index in [1.165, 1.54) is 0 Å². The Morgan fingerprint density at radius 2 is 2.17 bits per heavy atom. The number of piperidine rings is 1. The summed E-state index contributed by atoms with van der Waals surface area (Å²) >= 11 is 0. The van der Waals surface area contributed by atoms with E-state index in [4.69, 9.17) is 0 Å². The van der Waals surface area contributed by atoms with Gasteiger partial charge in [-0.25, -0.2) is 4.79 Å². The molecule has 0 radical (unpaired) electrons. The van der Waals surface area contributed by atoms with Crippen molar-refractivity contribution >= 4 is 6.03 Å². The molecule has 2 atom stereocenters. The first kappa shape index (κ1) is 12.9. The fourth-order valence-corrected chi connectivity index (χ4v) is 2.22. The molecular weight excluding hydrogens is 226 g/mol. The Kier molecular flexibility index (Phi) is 4.59. The van der Waals surface area contributed by atoms with Crippen LogP contribution in [0.25, 0.3) is 0 Å². The SMILES string of the molecule is CC(NC(=O)NC1CCCNC1)c1ccccc1. The van der Waals surface area contributed by atoms with Gasteiger partial charge in [0.25, 0.3) is 0 Å². The summed E-state index contributed by atoms with van der Waals surface area (Å²) < 4.78 is 0. The number of carbonyl (C=O) groups is 1. The lowest BCUT2D eigenvalue weighted by Crippen LogP contribution is -2.49. The lowest BCUT2D eigenvalue weighted by molar-refractivity contribution is 0.231. The number of nitrogens with one attached hydrogen (secondary N) is 3. The van der Waals surface area contributed by atoms with Crippen LogP contribution in [0.2, 0.25) is 0 Å². The van der Waals surface area contributed by atoms with Crippen molar-refractivity contribution in [1.29, 1.82) is 0 Å². The van der Waals surface area contributed by atoms with E-state index in [9.17, 15) is 4.79 Å². The summed E-state index contributed by atoms with van der Waals surface area (Å²) in [4.78, 5) is 11.8. The molecular formula is C14H21N3O. The van der Waals surface area contributed by atoms with E-state index in [0.29, 0.717) is 0 Å². The molecule has 3 N–H and O–H groups in total. The van der Waals surface area contributed by atoms with Gasteiger partial charge >= 0.3 is 6.03 Å². The Morgan fingerprint density at radius 3 is 2.83 bits per heavy atom. The number of hydrogen-bond donors (Lipinski definition) is 3. The molecule has 1 aromatic rings. The molecule has 98 valence electrons. The first-order valence-corrected chi connectivity index (χ1v) is 6.58. The van der Waals surface area contributed by atoms with Crippen molar-refractivity contribution in [2.45, 2.75) is 31.8 Å². The quantitative estimate of drug-likeness (QED) is 0.763. The summed E-state index contributed by atoms with van der Waals surface area (Å²) in [6.45, 7) is 3.92. The van der Waals surface area contributed by atoms with E-state index in [2.05, 4.69) is 16.0 Å². The average molecular weight is 247 g/mol. The zero-order valence-corrected chi connectivity index (χ0v) is 10.8. The minimum atomic E-state index is -0.0833. The Hall–Kier alpha value is -1.55. The molecule has 0 bridgehead atoms. The second-order valence-corrected chi connectivity index (χ2v) is 4.79. The maximum atomic E-state index is 11.8. The molecule has 1 aromatic carbocycles. The van der Waals surface area contributed by atoms with Gasteiger partial charge in [-0.05, 0) is 31.9 Å². The highest BCUT2D eigenvalue weighted by atomic mass is 16.2. The van der Waals surface area contributed by atoms with Gasteiger partial charge in [-0.1, -0.05) is 30.3 Å². The summed E-state index contributed by atoms with van der Waals surface area (Å²) in [6.07, 6.45) is 2.18. The smallest absolute Gasteiger partial charge is 0.315 e. The van der Waals surface area contributed by atoms with Crippen molar-refractivity contribution in [3.63, 3.8) is 0 Å². The minimum absolute atomic E-state index is 0.0303. The number of benzene rings is 1. The Morgan fingerprint density at radius 1 is 1.39 bits per heavy atom. The molecule has 1 saturated heterocycles. The van der Waals surface area contributed by atoms with Gasteiger partial charge in [-0.15, -0.1) is 0 Å². The van der Waals surface area contributed by atoms with Crippen molar-refractivity contribution in [2.24, 2.45) is 0 Å². The molecule has 1 aliphatic heterocycles. The molecule has 0 aromatic heterocycles. The third-order valence-corrected chi connectivity index (χ3v) is 3.28. The van der Waals surface area contributed by atoms with Gasteiger partial charge in [0.15, 0.2) is 0 Å². The van der Waals surface area contributed by atoms with Crippen LogP contribution in [0.3, 0.4) is 0 Å². The first-order chi connectivity index (χ1) is 8.75. The molecule has 4 nitrogen and oxygen atoms in total. The fourth-order valence-electron chi connectivity index (χ4n) is 2.22. The zero-order chi connectivity index (χ0) is 12.8.